The van der Waals surface area contributed by atoms with E-state index < -0.39 is 29.3 Å². The molecule has 1 aromatic carbocycles. The van der Waals surface area contributed by atoms with Gasteiger partial charge in [0, 0.05) is 12.7 Å². The molecule has 0 spiro atoms. The average Bonchev–Trinajstić information content (AvgIpc) is 2.34. The first-order valence-electron chi connectivity index (χ1n) is 5.32. The van der Waals surface area contributed by atoms with Gasteiger partial charge in [0.1, 0.15) is 5.92 Å². The molecular weight excluding hydrogens is 247 g/mol. The van der Waals surface area contributed by atoms with E-state index in [9.17, 15) is 18.0 Å². The van der Waals surface area contributed by atoms with E-state index in [0.29, 0.717) is 6.54 Å². The molecule has 96 valence electrons. The molecule has 0 saturated heterocycles. The van der Waals surface area contributed by atoms with Gasteiger partial charge in [0.15, 0.2) is 17.5 Å². The number of fused-ring (bicyclic) bond motifs is 1. The molecule has 1 aromatic rings. The van der Waals surface area contributed by atoms with Crippen LogP contribution in [-0.2, 0) is 4.79 Å². The van der Waals surface area contributed by atoms with Crippen molar-refractivity contribution in [3.8, 4) is 0 Å². The van der Waals surface area contributed by atoms with Crippen molar-refractivity contribution in [1.82, 2.24) is 0 Å². The Morgan fingerprint density at radius 1 is 1.39 bits per heavy atom. The van der Waals surface area contributed by atoms with E-state index in [1.54, 1.807) is 6.92 Å². The molecule has 1 N–H and O–H groups in total. The Balaban J connectivity index is 2.70. The molecule has 2 rings (SSSR count). The van der Waals surface area contributed by atoms with Crippen molar-refractivity contribution in [2.75, 3.05) is 11.4 Å². The number of hydrogen-bond donors (Lipinski definition) is 1. The van der Waals surface area contributed by atoms with Gasteiger partial charge in [-0.25, -0.2) is 13.2 Å². The molecule has 1 unspecified atom stereocenters. The number of benzene rings is 1. The Hall–Kier alpha value is -1.98. The highest BCUT2D eigenvalue weighted by Gasteiger charge is 2.31. The van der Waals surface area contributed by atoms with Crippen LogP contribution >= 0.6 is 0 Å². The van der Waals surface area contributed by atoms with Crippen molar-refractivity contribution >= 4 is 11.7 Å². The summed E-state index contributed by atoms with van der Waals surface area (Å²) >= 11 is 0. The maximum absolute atomic E-state index is 13.7. The van der Waals surface area contributed by atoms with Crippen LogP contribution in [0.4, 0.5) is 18.9 Å². The predicted molar refractivity (Wildman–Crippen MR) is 58.9 cm³/mol. The zero-order valence-electron chi connectivity index (χ0n) is 9.45. The quantitative estimate of drug-likeness (QED) is 0.828. The molecule has 1 atom stereocenters. The number of anilines is 1. The zero-order valence-corrected chi connectivity index (χ0v) is 9.45. The molecule has 0 bridgehead atoms. The third-order valence-corrected chi connectivity index (χ3v) is 2.85. The summed E-state index contributed by atoms with van der Waals surface area (Å²) in [4.78, 5) is 12.4. The monoisotopic (exact) mass is 257 g/mol. The fourth-order valence-electron chi connectivity index (χ4n) is 1.98. The Morgan fingerprint density at radius 2 is 2.06 bits per heavy atom. The van der Waals surface area contributed by atoms with E-state index in [0.717, 1.165) is 6.07 Å². The number of carboxylic acids is 1. The summed E-state index contributed by atoms with van der Waals surface area (Å²) in [6.45, 7) is 2.01. The van der Waals surface area contributed by atoms with Crippen LogP contribution in [0, 0.1) is 17.5 Å². The lowest BCUT2D eigenvalue weighted by Crippen LogP contribution is -2.26. The van der Waals surface area contributed by atoms with Crippen LogP contribution in [0.1, 0.15) is 18.4 Å². The number of carbonyl (C=O) groups is 1. The maximum Gasteiger partial charge on any atom is 0.315 e. The first-order valence-corrected chi connectivity index (χ1v) is 5.32. The Labute approximate surface area is 101 Å². The summed E-state index contributed by atoms with van der Waals surface area (Å²) in [6, 6.07) is 0.735. The highest BCUT2D eigenvalue weighted by atomic mass is 19.2. The molecule has 18 heavy (non-hydrogen) atoms. The van der Waals surface area contributed by atoms with Crippen molar-refractivity contribution in [3.05, 3.63) is 41.4 Å². The number of nitrogens with zero attached hydrogens (tertiary/aromatic N) is 1. The lowest BCUT2D eigenvalue weighted by atomic mass is 9.93. The van der Waals surface area contributed by atoms with Gasteiger partial charge in [-0.2, -0.15) is 0 Å². The van der Waals surface area contributed by atoms with Crippen LogP contribution in [0.5, 0.6) is 0 Å². The minimum absolute atomic E-state index is 0.0803. The highest BCUT2D eigenvalue weighted by molar-refractivity contribution is 5.83. The van der Waals surface area contributed by atoms with Gasteiger partial charge >= 0.3 is 5.97 Å². The van der Waals surface area contributed by atoms with Crippen molar-refractivity contribution < 1.29 is 23.1 Å². The third-order valence-electron chi connectivity index (χ3n) is 2.85. The van der Waals surface area contributed by atoms with E-state index >= 15 is 0 Å². The summed E-state index contributed by atoms with van der Waals surface area (Å²) in [6.07, 6.45) is 2.67. The van der Waals surface area contributed by atoms with Gasteiger partial charge in [0.2, 0.25) is 0 Å². The fraction of sp³-hybridized carbons (Fsp3) is 0.250. The summed E-state index contributed by atoms with van der Waals surface area (Å²) in [5, 5.41) is 8.99. The molecule has 0 aliphatic carbocycles. The second-order valence-electron chi connectivity index (χ2n) is 3.87. The largest absolute Gasteiger partial charge is 0.481 e. The summed E-state index contributed by atoms with van der Waals surface area (Å²) in [5.41, 5.74) is -0.297. The van der Waals surface area contributed by atoms with Crippen LogP contribution in [0.3, 0.4) is 0 Å². The smallest absolute Gasteiger partial charge is 0.315 e. The van der Waals surface area contributed by atoms with Gasteiger partial charge in [-0.3, -0.25) is 4.79 Å². The minimum atomic E-state index is -1.59. The lowest BCUT2D eigenvalue weighted by molar-refractivity contribution is -0.137. The first-order chi connectivity index (χ1) is 8.47. The van der Waals surface area contributed by atoms with E-state index in [2.05, 4.69) is 0 Å². The van der Waals surface area contributed by atoms with E-state index in [1.807, 2.05) is 0 Å². The van der Waals surface area contributed by atoms with Gasteiger partial charge in [0.25, 0.3) is 0 Å². The topological polar surface area (TPSA) is 40.5 Å². The summed E-state index contributed by atoms with van der Waals surface area (Å²) < 4.78 is 40.1. The summed E-state index contributed by atoms with van der Waals surface area (Å²) in [5.74, 6) is -6.75. The number of rotatable bonds is 2. The van der Waals surface area contributed by atoms with Crippen LogP contribution in [0.15, 0.2) is 18.3 Å². The molecule has 0 amide bonds. The van der Waals surface area contributed by atoms with Crippen LogP contribution in [0.2, 0.25) is 0 Å². The first kappa shape index (κ1) is 12.5. The molecule has 3 nitrogen and oxygen atoms in total. The van der Waals surface area contributed by atoms with Crippen LogP contribution in [-0.4, -0.2) is 17.6 Å². The number of hydrogen-bond acceptors (Lipinski definition) is 2. The van der Waals surface area contributed by atoms with E-state index in [1.165, 1.54) is 17.2 Å². The maximum atomic E-state index is 13.7. The van der Waals surface area contributed by atoms with Crippen LogP contribution < -0.4 is 4.90 Å². The molecule has 0 fully saturated rings. The van der Waals surface area contributed by atoms with Gasteiger partial charge in [-0.1, -0.05) is 0 Å². The van der Waals surface area contributed by atoms with Gasteiger partial charge in [-0.05, 0) is 24.6 Å². The van der Waals surface area contributed by atoms with Crippen molar-refractivity contribution in [3.63, 3.8) is 0 Å². The Kier molecular flexibility index (Phi) is 3.02. The number of carboxylic acid groups (broad SMARTS) is 1. The fourth-order valence-corrected chi connectivity index (χ4v) is 1.98. The molecule has 1 aliphatic rings. The third kappa shape index (κ3) is 1.73. The predicted octanol–water partition coefficient (Wildman–Crippen LogP) is 2.63. The van der Waals surface area contributed by atoms with Gasteiger partial charge < -0.3 is 10.0 Å². The average molecular weight is 257 g/mol. The van der Waals surface area contributed by atoms with Gasteiger partial charge in [0.05, 0.1) is 5.69 Å². The lowest BCUT2D eigenvalue weighted by Gasteiger charge is -2.28. The molecule has 0 aromatic heterocycles. The summed E-state index contributed by atoms with van der Waals surface area (Å²) in [7, 11) is 0. The number of halogens is 3. The second kappa shape index (κ2) is 4.36. The normalized spacial score (nSPS) is 17.8. The molecule has 6 heteroatoms. The minimum Gasteiger partial charge on any atom is -0.481 e. The van der Waals surface area contributed by atoms with Crippen molar-refractivity contribution in [2.24, 2.45) is 0 Å². The van der Waals surface area contributed by atoms with Crippen molar-refractivity contribution in [2.45, 2.75) is 12.8 Å². The Bertz CT molecular complexity index is 543. The number of aliphatic carboxylic acids is 1. The Morgan fingerprint density at radius 3 is 2.61 bits per heavy atom. The van der Waals surface area contributed by atoms with Crippen LogP contribution in [0.25, 0.3) is 0 Å². The van der Waals surface area contributed by atoms with E-state index in [4.69, 9.17) is 5.11 Å². The van der Waals surface area contributed by atoms with Crippen molar-refractivity contribution in [1.29, 1.82) is 0 Å². The molecule has 1 heterocycles. The van der Waals surface area contributed by atoms with E-state index in [-0.39, 0.29) is 11.3 Å². The molecule has 1 aliphatic heterocycles. The zero-order chi connectivity index (χ0) is 13.4. The highest BCUT2D eigenvalue weighted by Crippen LogP contribution is 2.37. The molecule has 0 saturated carbocycles. The molecule has 0 radical (unpaired) electrons. The second-order valence-corrected chi connectivity index (χ2v) is 3.87. The molecular formula is C12H10F3NO2. The SMILES string of the molecule is CCN1C=CC(C(=O)O)c2cc(F)c(F)c(F)c21. The van der Waals surface area contributed by atoms with Gasteiger partial charge in [-0.15, -0.1) is 0 Å². The standard InChI is InChI=1S/C12H10F3NO2/c1-2-16-4-3-6(12(17)18)7-5-8(13)9(14)10(15)11(7)16/h3-6H,2H2,1H3,(H,17,18).